The fourth-order valence-corrected chi connectivity index (χ4v) is 2.45. The zero-order chi connectivity index (χ0) is 14.5. The van der Waals surface area contributed by atoms with Crippen LogP contribution in [-0.2, 0) is 9.53 Å². The first-order valence-corrected chi connectivity index (χ1v) is 7.30. The number of hydrogen-bond donors (Lipinski definition) is 1. The van der Waals surface area contributed by atoms with Gasteiger partial charge in [0, 0.05) is 17.7 Å². The molecule has 1 aromatic carbocycles. The smallest absolute Gasteiger partial charge is 0.258 e. The van der Waals surface area contributed by atoms with E-state index in [1.807, 2.05) is 6.92 Å². The molecule has 1 aliphatic heterocycles. The van der Waals surface area contributed by atoms with Gasteiger partial charge in [-0.1, -0.05) is 23.2 Å². The predicted octanol–water partition coefficient (Wildman–Crippen LogP) is 3.06. The molecular formula is C14H17Cl2NO3. The van der Waals surface area contributed by atoms with Gasteiger partial charge in [-0.3, -0.25) is 4.79 Å². The highest BCUT2D eigenvalue weighted by Crippen LogP contribution is 2.27. The summed E-state index contributed by atoms with van der Waals surface area (Å²) >= 11 is 11.8. The van der Waals surface area contributed by atoms with Crippen molar-refractivity contribution >= 4 is 29.1 Å². The molecule has 0 aromatic heterocycles. The van der Waals surface area contributed by atoms with Gasteiger partial charge in [-0.05, 0) is 31.9 Å². The fraction of sp³-hybridized carbons (Fsp3) is 0.500. The molecular weight excluding hydrogens is 301 g/mol. The monoisotopic (exact) mass is 317 g/mol. The van der Waals surface area contributed by atoms with Gasteiger partial charge in [0.15, 0.2) is 6.61 Å². The molecule has 0 aliphatic carbocycles. The van der Waals surface area contributed by atoms with Crippen LogP contribution < -0.4 is 10.1 Å². The molecule has 1 fully saturated rings. The molecule has 4 nitrogen and oxygen atoms in total. The lowest BCUT2D eigenvalue weighted by molar-refractivity contribution is -0.124. The van der Waals surface area contributed by atoms with Crippen LogP contribution in [0.2, 0.25) is 10.0 Å². The van der Waals surface area contributed by atoms with Crippen molar-refractivity contribution in [2.24, 2.45) is 0 Å². The molecule has 6 heteroatoms. The topological polar surface area (TPSA) is 47.6 Å². The van der Waals surface area contributed by atoms with Crippen LogP contribution in [0.4, 0.5) is 0 Å². The Morgan fingerprint density at radius 2 is 2.35 bits per heavy atom. The molecule has 0 radical (unpaired) electrons. The summed E-state index contributed by atoms with van der Waals surface area (Å²) in [7, 11) is 0. The maximum absolute atomic E-state index is 11.8. The third-order valence-corrected chi connectivity index (χ3v) is 3.71. The third kappa shape index (κ3) is 4.27. The Morgan fingerprint density at radius 3 is 3.05 bits per heavy atom. The molecule has 0 bridgehead atoms. The van der Waals surface area contributed by atoms with Crippen molar-refractivity contribution in [1.82, 2.24) is 5.32 Å². The Hall–Kier alpha value is -0.970. The number of rotatable bonds is 5. The van der Waals surface area contributed by atoms with E-state index in [4.69, 9.17) is 32.7 Å². The van der Waals surface area contributed by atoms with Gasteiger partial charge in [-0.2, -0.15) is 0 Å². The predicted molar refractivity (Wildman–Crippen MR) is 78.5 cm³/mol. The minimum absolute atomic E-state index is 0.0246. The van der Waals surface area contributed by atoms with Crippen molar-refractivity contribution in [2.45, 2.75) is 31.9 Å². The number of ether oxygens (including phenoxy) is 2. The molecule has 1 amide bonds. The van der Waals surface area contributed by atoms with Crippen LogP contribution in [0.3, 0.4) is 0 Å². The van der Waals surface area contributed by atoms with Gasteiger partial charge in [0.05, 0.1) is 17.2 Å². The molecule has 0 spiro atoms. The fourth-order valence-electron chi connectivity index (χ4n) is 2.12. The lowest BCUT2D eigenvalue weighted by Crippen LogP contribution is -2.42. The molecule has 0 saturated carbocycles. The number of nitrogens with one attached hydrogen (secondary N) is 1. The molecule has 20 heavy (non-hydrogen) atoms. The van der Waals surface area contributed by atoms with Crippen LogP contribution in [0.15, 0.2) is 18.2 Å². The number of carbonyl (C=O) groups excluding carboxylic acids is 1. The van der Waals surface area contributed by atoms with Crippen molar-refractivity contribution in [3.05, 3.63) is 28.2 Å². The maximum Gasteiger partial charge on any atom is 0.258 e. The van der Waals surface area contributed by atoms with Crippen molar-refractivity contribution in [2.75, 3.05) is 13.2 Å². The molecule has 1 aromatic rings. The van der Waals surface area contributed by atoms with E-state index in [0.717, 1.165) is 19.4 Å². The zero-order valence-electron chi connectivity index (χ0n) is 11.2. The Kier molecular flexibility index (Phi) is 5.52. The summed E-state index contributed by atoms with van der Waals surface area (Å²) in [6, 6.07) is 4.85. The van der Waals surface area contributed by atoms with Crippen LogP contribution in [0.1, 0.15) is 19.8 Å². The summed E-state index contributed by atoms with van der Waals surface area (Å²) in [4.78, 5) is 11.8. The molecule has 2 rings (SSSR count). The quantitative estimate of drug-likeness (QED) is 0.908. The minimum atomic E-state index is -0.205. The molecule has 1 N–H and O–H groups in total. The highest BCUT2D eigenvalue weighted by molar-refractivity contribution is 6.34. The van der Waals surface area contributed by atoms with E-state index < -0.39 is 0 Å². The van der Waals surface area contributed by atoms with Crippen LogP contribution in [0.5, 0.6) is 5.75 Å². The first-order chi connectivity index (χ1) is 9.56. The summed E-state index contributed by atoms with van der Waals surface area (Å²) in [5.41, 5.74) is 0. The Bertz CT molecular complexity index is 475. The van der Waals surface area contributed by atoms with Crippen molar-refractivity contribution in [3.8, 4) is 5.75 Å². The van der Waals surface area contributed by atoms with Crippen molar-refractivity contribution < 1.29 is 14.3 Å². The first kappa shape index (κ1) is 15.4. The average molecular weight is 318 g/mol. The lowest BCUT2D eigenvalue weighted by Gasteiger charge is -2.20. The van der Waals surface area contributed by atoms with Gasteiger partial charge in [-0.25, -0.2) is 0 Å². The normalized spacial score (nSPS) is 19.6. The average Bonchev–Trinajstić information content (AvgIpc) is 2.94. The standard InChI is InChI=1S/C14H17Cl2NO3/c1-9(12-3-2-6-19-12)17-14(18)8-20-13-7-10(15)4-5-11(13)16/h4-5,7,9,12H,2-3,6,8H2,1H3,(H,17,18)/t9-,12+/m0/s1. The third-order valence-electron chi connectivity index (χ3n) is 3.16. The molecule has 1 heterocycles. The van der Waals surface area contributed by atoms with E-state index in [1.165, 1.54) is 0 Å². The van der Waals surface area contributed by atoms with Crippen LogP contribution in [-0.4, -0.2) is 31.3 Å². The number of amides is 1. The van der Waals surface area contributed by atoms with E-state index in [0.29, 0.717) is 15.8 Å². The van der Waals surface area contributed by atoms with E-state index >= 15 is 0 Å². The lowest BCUT2D eigenvalue weighted by atomic mass is 10.1. The second kappa shape index (κ2) is 7.16. The summed E-state index contributed by atoms with van der Waals surface area (Å²) in [5.74, 6) is 0.197. The summed E-state index contributed by atoms with van der Waals surface area (Å²) in [6.45, 7) is 2.59. The zero-order valence-corrected chi connectivity index (χ0v) is 12.7. The van der Waals surface area contributed by atoms with Gasteiger partial charge in [0.2, 0.25) is 0 Å². The number of halogens is 2. The SMILES string of the molecule is C[C@H](NC(=O)COc1cc(Cl)ccc1Cl)[C@H]1CCCO1. The highest BCUT2D eigenvalue weighted by Gasteiger charge is 2.23. The first-order valence-electron chi connectivity index (χ1n) is 6.55. The second-order valence-electron chi connectivity index (χ2n) is 4.77. The summed E-state index contributed by atoms with van der Waals surface area (Å²) in [5, 5.41) is 3.80. The Labute approximate surface area is 128 Å². The second-order valence-corrected chi connectivity index (χ2v) is 5.61. The van der Waals surface area contributed by atoms with Crippen LogP contribution in [0.25, 0.3) is 0 Å². The van der Waals surface area contributed by atoms with Gasteiger partial charge in [0.25, 0.3) is 5.91 Å². The van der Waals surface area contributed by atoms with E-state index in [1.54, 1.807) is 18.2 Å². The van der Waals surface area contributed by atoms with E-state index in [9.17, 15) is 4.79 Å². The van der Waals surface area contributed by atoms with E-state index in [-0.39, 0.29) is 24.7 Å². The van der Waals surface area contributed by atoms with Gasteiger partial charge in [0.1, 0.15) is 5.75 Å². The van der Waals surface area contributed by atoms with Gasteiger partial charge in [-0.15, -0.1) is 0 Å². The molecule has 1 saturated heterocycles. The van der Waals surface area contributed by atoms with Crippen molar-refractivity contribution in [3.63, 3.8) is 0 Å². The van der Waals surface area contributed by atoms with Gasteiger partial charge < -0.3 is 14.8 Å². The van der Waals surface area contributed by atoms with Crippen molar-refractivity contribution in [1.29, 1.82) is 0 Å². The molecule has 110 valence electrons. The van der Waals surface area contributed by atoms with Crippen LogP contribution in [0, 0.1) is 0 Å². The Balaban J connectivity index is 1.81. The highest BCUT2D eigenvalue weighted by atomic mass is 35.5. The molecule has 2 atom stereocenters. The van der Waals surface area contributed by atoms with E-state index in [2.05, 4.69) is 5.32 Å². The van der Waals surface area contributed by atoms with Crippen LogP contribution >= 0.6 is 23.2 Å². The summed E-state index contributed by atoms with van der Waals surface area (Å²) in [6.07, 6.45) is 2.11. The maximum atomic E-state index is 11.8. The minimum Gasteiger partial charge on any atom is -0.482 e. The number of carbonyl (C=O) groups is 1. The molecule has 0 unspecified atom stereocenters. The Morgan fingerprint density at radius 1 is 1.55 bits per heavy atom. The molecule has 1 aliphatic rings. The number of benzene rings is 1. The number of hydrogen-bond acceptors (Lipinski definition) is 3. The summed E-state index contributed by atoms with van der Waals surface area (Å²) < 4.78 is 10.9. The largest absolute Gasteiger partial charge is 0.482 e. The van der Waals surface area contributed by atoms with Gasteiger partial charge >= 0.3 is 0 Å².